The van der Waals surface area contributed by atoms with Crippen LogP contribution in [-0.4, -0.2) is 47.1 Å². The van der Waals surface area contributed by atoms with Crippen molar-refractivity contribution in [3.05, 3.63) is 17.0 Å². The van der Waals surface area contributed by atoms with Crippen molar-refractivity contribution in [3.63, 3.8) is 0 Å². The zero-order valence-electron chi connectivity index (χ0n) is 11.4. The molecule has 1 aliphatic heterocycles. The number of nitrogens with one attached hydrogen (secondary N) is 1. The zero-order chi connectivity index (χ0) is 14.8. The minimum Gasteiger partial charge on any atom is -0.387 e. The third-order valence-electron chi connectivity index (χ3n) is 3.30. The van der Waals surface area contributed by atoms with Crippen molar-refractivity contribution < 1.29 is 14.7 Å². The van der Waals surface area contributed by atoms with Crippen LogP contribution in [0.5, 0.6) is 0 Å². The molecule has 2 rings (SSSR count). The lowest BCUT2D eigenvalue weighted by molar-refractivity contribution is -0.129. The summed E-state index contributed by atoms with van der Waals surface area (Å²) in [5, 5.41) is 14.9. The fourth-order valence-corrected chi connectivity index (χ4v) is 3.30. The van der Waals surface area contributed by atoms with E-state index in [2.05, 4.69) is 5.32 Å². The molecular weight excluding hydrogens is 278 g/mol. The SMILES string of the molecule is CCCC1(O)CN(CC(=O)Nc2sccc2C(N)=O)C1. The van der Waals surface area contributed by atoms with Crippen LogP contribution in [0.25, 0.3) is 0 Å². The van der Waals surface area contributed by atoms with Gasteiger partial charge < -0.3 is 16.2 Å². The molecule has 0 radical (unpaired) electrons. The van der Waals surface area contributed by atoms with Gasteiger partial charge in [0.15, 0.2) is 0 Å². The first-order chi connectivity index (χ1) is 9.43. The molecule has 110 valence electrons. The van der Waals surface area contributed by atoms with Gasteiger partial charge >= 0.3 is 0 Å². The Kier molecular flexibility index (Phi) is 4.42. The van der Waals surface area contributed by atoms with E-state index in [4.69, 9.17) is 5.73 Å². The Balaban J connectivity index is 1.82. The highest BCUT2D eigenvalue weighted by molar-refractivity contribution is 7.14. The average molecular weight is 297 g/mol. The van der Waals surface area contributed by atoms with Crippen LogP contribution in [0.1, 0.15) is 30.1 Å². The molecule has 20 heavy (non-hydrogen) atoms. The molecule has 0 spiro atoms. The van der Waals surface area contributed by atoms with E-state index in [1.807, 2.05) is 11.8 Å². The number of β-amino-alcohol motifs (C(OH)–C–C–N with tert-alkyl or cyclic N) is 1. The number of hydrogen-bond acceptors (Lipinski definition) is 5. The molecule has 0 saturated carbocycles. The summed E-state index contributed by atoms with van der Waals surface area (Å²) in [7, 11) is 0. The number of hydrogen-bond donors (Lipinski definition) is 3. The van der Waals surface area contributed by atoms with Crippen molar-refractivity contribution in [2.75, 3.05) is 25.0 Å². The van der Waals surface area contributed by atoms with Crippen LogP contribution in [0.4, 0.5) is 5.00 Å². The van der Waals surface area contributed by atoms with Gasteiger partial charge in [-0.2, -0.15) is 0 Å². The fraction of sp³-hybridized carbons (Fsp3) is 0.538. The number of nitrogens with two attached hydrogens (primary N) is 1. The zero-order valence-corrected chi connectivity index (χ0v) is 12.2. The molecule has 2 heterocycles. The smallest absolute Gasteiger partial charge is 0.251 e. The van der Waals surface area contributed by atoms with Crippen molar-refractivity contribution in [2.45, 2.75) is 25.4 Å². The maximum atomic E-state index is 11.9. The lowest BCUT2D eigenvalue weighted by Crippen LogP contribution is -2.62. The molecule has 1 aromatic heterocycles. The summed E-state index contributed by atoms with van der Waals surface area (Å²) in [6.07, 6.45) is 1.68. The van der Waals surface area contributed by atoms with E-state index < -0.39 is 11.5 Å². The van der Waals surface area contributed by atoms with Crippen LogP contribution in [-0.2, 0) is 4.79 Å². The average Bonchev–Trinajstić information content (AvgIpc) is 2.75. The molecule has 6 nitrogen and oxygen atoms in total. The standard InChI is InChI=1S/C13H19N3O3S/c1-2-4-13(19)7-16(8-13)6-10(17)15-12-9(11(14)18)3-5-20-12/h3,5,19H,2,4,6-8H2,1H3,(H2,14,18)(H,15,17). The molecule has 1 aromatic rings. The van der Waals surface area contributed by atoms with Crippen molar-refractivity contribution in [3.8, 4) is 0 Å². The lowest BCUT2D eigenvalue weighted by Gasteiger charge is -2.46. The summed E-state index contributed by atoms with van der Waals surface area (Å²) < 4.78 is 0. The van der Waals surface area contributed by atoms with Gasteiger partial charge in [-0.05, 0) is 17.9 Å². The third kappa shape index (κ3) is 3.36. The first kappa shape index (κ1) is 15.0. The molecule has 0 bridgehead atoms. The topological polar surface area (TPSA) is 95.7 Å². The summed E-state index contributed by atoms with van der Waals surface area (Å²) in [6.45, 7) is 3.26. The summed E-state index contributed by atoms with van der Waals surface area (Å²) in [6, 6.07) is 1.59. The first-order valence-electron chi connectivity index (χ1n) is 6.55. The second-order valence-corrected chi connectivity index (χ2v) is 6.11. The van der Waals surface area contributed by atoms with Crippen LogP contribution >= 0.6 is 11.3 Å². The van der Waals surface area contributed by atoms with E-state index in [-0.39, 0.29) is 12.5 Å². The number of primary amides is 1. The van der Waals surface area contributed by atoms with Gasteiger partial charge in [-0.15, -0.1) is 11.3 Å². The number of amides is 2. The highest BCUT2D eigenvalue weighted by atomic mass is 32.1. The quantitative estimate of drug-likeness (QED) is 0.717. The van der Waals surface area contributed by atoms with Gasteiger partial charge in [0.1, 0.15) is 5.00 Å². The normalized spacial score (nSPS) is 17.5. The van der Waals surface area contributed by atoms with Gasteiger partial charge in [0.2, 0.25) is 5.91 Å². The van der Waals surface area contributed by atoms with Gasteiger partial charge in [-0.3, -0.25) is 14.5 Å². The van der Waals surface area contributed by atoms with E-state index in [1.54, 1.807) is 11.4 Å². The maximum Gasteiger partial charge on any atom is 0.251 e. The van der Waals surface area contributed by atoms with Gasteiger partial charge in [0, 0.05) is 13.1 Å². The number of carbonyl (C=O) groups excluding carboxylic acids is 2. The molecule has 1 aliphatic rings. The van der Waals surface area contributed by atoms with Crippen LogP contribution in [0.3, 0.4) is 0 Å². The highest BCUT2D eigenvalue weighted by Gasteiger charge is 2.40. The third-order valence-corrected chi connectivity index (χ3v) is 4.13. The lowest BCUT2D eigenvalue weighted by atomic mass is 9.89. The molecule has 2 amide bonds. The fourth-order valence-electron chi connectivity index (χ4n) is 2.49. The monoisotopic (exact) mass is 297 g/mol. The number of thiophene rings is 1. The van der Waals surface area contributed by atoms with Gasteiger partial charge in [-0.1, -0.05) is 13.3 Å². The van der Waals surface area contributed by atoms with E-state index in [9.17, 15) is 14.7 Å². The first-order valence-corrected chi connectivity index (χ1v) is 7.43. The Morgan fingerprint density at radius 2 is 2.25 bits per heavy atom. The number of carbonyl (C=O) groups is 2. The molecule has 0 aromatic carbocycles. The number of anilines is 1. The number of rotatable bonds is 6. The van der Waals surface area contributed by atoms with Crippen LogP contribution in [0, 0.1) is 0 Å². The second kappa shape index (κ2) is 5.90. The van der Waals surface area contributed by atoms with Crippen LogP contribution in [0.15, 0.2) is 11.4 Å². The van der Waals surface area contributed by atoms with Crippen molar-refractivity contribution in [1.82, 2.24) is 4.90 Å². The predicted octanol–water partition coefficient (Wildman–Crippen LogP) is 0.632. The molecule has 1 saturated heterocycles. The van der Waals surface area contributed by atoms with Crippen LogP contribution in [0.2, 0.25) is 0 Å². The summed E-state index contributed by atoms with van der Waals surface area (Å²) in [5.74, 6) is -0.753. The summed E-state index contributed by atoms with van der Waals surface area (Å²) in [5.41, 5.74) is 4.90. The maximum absolute atomic E-state index is 11.9. The Hall–Kier alpha value is -1.44. The predicted molar refractivity (Wildman–Crippen MR) is 77.8 cm³/mol. The minimum atomic E-state index is -0.643. The molecule has 1 fully saturated rings. The van der Waals surface area contributed by atoms with E-state index in [0.717, 1.165) is 12.8 Å². The minimum absolute atomic E-state index is 0.200. The largest absolute Gasteiger partial charge is 0.387 e. The van der Waals surface area contributed by atoms with Gasteiger partial charge in [0.05, 0.1) is 17.7 Å². The second-order valence-electron chi connectivity index (χ2n) is 5.20. The van der Waals surface area contributed by atoms with Crippen molar-refractivity contribution >= 4 is 28.2 Å². The van der Waals surface area contributed by atoms with Gasteiger partial charge in [-0.25, -0.2) is 0 Å². The molecule has 7 heteroatoms. The van der Waals surface area contributed by atoms with Gasteiger partial charge in [0.25, 0.3) is 5.91 Å². The highest BCUT2D eigenvalue weighted by Crippen LogP contribution is 2.26. The van der Waals surface area contributed by atoms with E-state index in [1.165, 1.54) is 11.3 Å². The van der Waals surface area contributed by atoms with Crippen LogP contribution < -0.4 is 11.1 Å². The molecule has 0 unspecified atom stereocenters. The van der Waals surface area contributed by atoms with E-state index in [0.29, 0.717) is 23.7 Å². The van der Waals surface area contributed by atoms with E-state index >= 15 is 0 Å². The Bertz CT molecular complexity index is 509. The summed E-state index contributed by atoms with van der Waals surface area (Å²) in [4.78, 5) is 24.9. The van der Waals surface area contributed by atoms with Crippen molar-refractivity contribution in [2.24, 2.45) is 5.73 Å². The number of likely N-dealkylation sites (tertiary alicyclic amines) is 1. The molecule has 0 aliphatic carbocycles. The number of nitrogens with zero attached hydrogens (tertiary/aromatic N) is 1. The Morgan fingerprint density at radius 1 is 1.55 bits per heavy atom. The molecular formula is C13H19N3O3S. The molecule has 4 N–H and O–H groups in total. The Labute approximate surface area is 121 Å². The number of aliphatic hydroxyl groups is 1. The molecule has 0 atom stereocenters. The summed E-state index contributed by atoms with van der Waals surface area (Å²) >= 11 is 1.27. The Morgan fingerprint density at radius 3 is 2.85 bits per heavy atom. The van der Waals surface area contributed by atoms with Crippen molar-refractivity contribution in [1.29, 1.82) is 0 Å².